The molecule has 0 aliphatic carbocycles. The van der Waals surface area contributed by atoms with Gasteiger partial charge in [-0.15, -0.1) is 5.10 Å². The number of amides is 2. The van der Waals surface area contributed by atoms with Crippen molar-refractivity contribution in [2.45, 2.75) is 45.8 Å². The van der Waals surface area contributed by atoms with Gasteiger partial charge < -0.3 is 9.64 Å². The normalized spacial score (nSPS) is 20.5. The molecule has 4 aromatic rings. The molecule has 0 unspecified atom stereocenters. The lowest BCUT2D eigenvalue weighted by Crippen LogP contribution is -2.43. The average Bonchev–Trinajstić information content (AvgIpc) is 3.92. The summed E-state index contributed by atoms with van der Waals surface area (Å²) < 4.78 is 7.47. The number of carbonyl (C=O) groups excluding carboxylic acids is 2. The van der Waals surface area contributed by atoms with Crippen molar-refractivity contribution in [3.63, 3.8) is 0 Å². The van der Waals surface area contributed by atoms with E-state index in [1.54, 1.807) is 11.0 Å². The van der Waals surface area contributed by atoms with E-state index in [-0.39, 0.29) is 17.9 Å². The molecule has 2 amide bonds. The lowest BCUT2D eigenvalue weighted by atomic mass is 9.85. The van der Waals surface area contributed by atoms with Crippen LogP contribution in [0.5, 0.6) is 5.75 Å². The van der Waals surface area contributed by atoms with Gasteiger partial charge in [0.15, 0.2) is 5.82 Å². The van der Waals surface area contributed by atoms with Crippen molar-refractivity contribution in [2.75, 3.05) is 44.2 Å². The van der Waals surface area contributed by atoms with Gasteiger partial charge in [0, 0.05) is 50.6 Å². The molecule has 2 saturated heterocycles. The molecule has 1 aromatic carbocycles. The van der Waals surface area contributed by atoms with Gasteiger partial charge in [0.1, 0.15) is 23.6 Å². The molecule has 1 spiro atoms. The molecule has 0 bridgehead atoms. The number of aromatic nitrogens is 5. The lowest BCUT2D eigenvalue weighted by Gasteiger charge is -2.29. The molecule has 0 saturated carbocycles. The summed E-state index contributed by atoms with van der Waals surface area (Å²) in [4.78, 5) is 51.9. The largest absolute Gasteiger partial charge is 0.491 e. The second kappa shape index (κ2) is 12.9. The van der Waals surface area contributed by atoms with Crippen molar-refractivity contribution in [2.24, 2.45) is 17.5 Å². The van der Waals surface area contributed by atoms with Crippen molar-refractivity contribution >= 4 is 28.9 Å². The van der Waals surface area contributed by atoms with Gasteiger partial charge in [0.05, 0.1) is 36.0 Å². The number of benzene rings is 1. The minimum absolute atomic E-state index is 0.102. The maximum Gasteiger partial charge on any atom is 0.237 e. The Morgan fingerprint density at radius 1 is 0.980 bits per heavy atom. The van der Waals surface area contributed by atoms with Crippen LogP contribution in [-0.4, -0.2) is 97.4 Å². The van der Waals surface area contributed by atoms with Gasteiger partial charge in [-0.3, -0.25) is 34.0 Å². The van der Waals surface area contributed by atoms with Crippen molar-refractivity contribution in [3.8, 4) is 17.3 Å². The first-order valence-corrected chi connectivity index (χ1v) is 17.4. The van der Waals surface area contributed by atoms with Crippen LogP contribution in [0.3, 0.4) is 0 Å². The number of aryl methyl sites for hydroxylation is 1. The van der Waals surface area contributed by atoms with Crippen LogP contribution in [0.1, 0.15) is 55.5 Å². The fourth-order valence-corrected chi connectivity index (χ4v) is 7.52. The molecule has 4 aliphatic rings. The summed E-state index contributed by atoms with van der Waals surface area (Å²) in [6, 6.07) is 15.9. The second-order valence-electron chi connectivity index (χ2n) is 14.0. The van der Waals surface area contributed by atoms with Crippen LogP contribution >= 0.6 is 0 Å². The van der Waals surface area contributed by atoms with Gasteiger partial charge in [0.2, 0.25) is 11.8 Å². The number of hydrogen-bond acceptors (Lipinski definition) is 9. The van der Waals surface area contributed by atoms with E-state index in [0.717, 1.165) is 65.3 Å². The van der Waals surface area contributed by atoms with Crippen LogP contribution in [0.25, 0.3) is 17.1 Å². The molecule has 50 heavy (non-hydrogen) atoms. The number of anilines is 1. The minimum atomic E-state index is -0.483. The Kier molecular flexibility index (Phi) is 8.26. The van der Waals surface area contributed by atoms with Gasteiger partial charge in [-0.05, 0) is 87.2 Å². The smallest absolute Gasteiger partial charge is 0.237 e. The van der Waals surface area contributed by atoms with Crippen LogP contribution in [0, 0.1) is 5.41 Å². The van der Waals surface area contributed by atoms with E-state index in [4.69, 9.17) is 14.7 Å². The number of rotatable bonds is 8. The molecular weight excluding hydrogens is 630 g/mol. The molecule has 8 rings (SSSR count). The number of likely N-dealkylation sites (tertiary alicyclic amines) is 1. The Balaban J connectivity index is 0.876. The molecule has 0 N–H and O–H groups in total. The van der Waals surface area contributed by atoms with Crippen LogP contribution in [0.2, 0.25) is 0 Å². The minimum Gasteiger partial charge on any atom is -0.491 e. The Bertz CT molecular complexity index is 2000. The van der Waals surface area contributed by atoms with Gasteiger partial charge in [-0.25, -0.2) is 9.97 Å². The van der Waals surface area contributed by atoms with Gasteiger partial charge >= 0.3 is 0 Å². The lowest BCUT2D eigenvalue weighted by molar-refractivity contribution is -0.132. The number of pyridine rings is 2. The Morgan fingerprint density at radius 2 is 1.80 bits per heavy atom. The highest BCUT2D eigenvalue weighted by Gasteiger charge is 2.51. The number of ether oxygens (including phenoxy) is 1. The highest BCUT2D eigenvalue weighted by Crippen LogP contribution is 2.42. The topological polar surface area (TPSA) is 122 Å². The number of fused-ring (bicyclic) bond motifs is 1. The molecule has 4 aliphatic heterocycles. The first kappa shape index (κ1) is 32.0. The van der Waals surface area contributed by atoms with E-state index in [9.17, 15) is 9.59 Å². The summed E-state index contributed by atoms with van der Waals surface area (Å²) in [6.45, 7) is 8.08. The van der Waals surface area contributed by atoms with Crippen LogP contribution in [0.4, 0.5) is 5.82 Å². The highest BCUT2D eigenvalue weighted by molar-refractivity contribution is 6.14. The van der Waals surface area contributed by atoms with E-state index in [1.165, 1.54) is 5.57 Å². The Hall–Kier alpha value is -5.23. The maximum absolute atomic E-state index is 14.0. The molecule has 256 valence electrons. The molecular formula is C38H41N9O3. The number of carbonyl (C=O) groups is 2. The molecule has 1 atom stereocenters. The number of hydrogen-bond donors (Lipinski definition) is 0. The number of nitrogens with zero attached hydrogens (tertiary/aromatic N) is 9. The van der Waals surface area contributed by atoms with E-state index >= 15 is 0 Å². The quantitative estimate of drug-likeness (QED) is 0.274. The summed E-state index contributed by atoms with van der Waals surface area (Å²) in [5.41, 5.74) is 6.21. The van der Waals surface area contributed by atoms with E-state index in [2.05, 4.69) is 26.0 Å². The first-order valence-electron chi connectivity index (χ1n) is 17.4. The highest BCUT2D eigenvalue weighted by atomic mass is 16.5. The Labute approximate surface area is 291 Å². The van der Waals surface area contributed by atoms with Crippen molar-refractivity contribution in [3.05, 3.63) is 89.5 Å². The second-order valence-corrected chi connectivity index (χ2v) is 14.0. The molecule has 12 nitrogen and oxygen atoms in total. The zero-order valence-electron chi connectivity index (χ0n) is 28.7. The third-order valence-corrected chi connectivity index (χ3v) is 10.2. The standard InChI is InChI=1S/C38H41N9O3/c1-25(2)50-30-8-4-27(5-9-30)34-35-29(21-40-34)7-11-32(42-35)47-19-15-38(37(47)49)14-18-45(23-38)22-33(48)46-16-12-26(13-17-46)28-6-10-31(39-20-28)36-41-24-44(3)43-36/h4-12,20,24-25H,13-19,21-23H2,1-3H3/t38-/m0/s1. The third-order valence-electron chi connectivity index (χ3n) is 10.2. The molecule has 12 heteroatoms. The van der Waals surface area contributed by atoms with Crippen LogP contribution < -0.4 is 9.64 Å². The zero-order valence-corrected chi connectivity index (χ0v) is 28.7. The molecule has 3 aromatic heterocycles. The van der Waals surface area contributed by atoms with Crippen molar-refractivity contribution < 1.29 is 14.3 Å². The summed E-state index contributed by atoms with van der Waals surface area (Å²) in [7, 11) is 1.83. The summed E-state index contributed by atoms with van der Waals surface area (Å²) in [6.07, 6.45) is 8.02. The number of aliphatic imine (C=N–C) groups is 1. The van der Waals surface area contributed by atoms with Crippen molar-refractivity contribution in [1.29, 1.82) is 0 Å². The van der Waals surface area contributed by atoms with Crippen molar-refractivity contribution in [1.82, 2.24) is 34.5 Å². The SMILES string of the molecule is CC(C)Oc1ccc(C2=NCc3ccc(N4CC[C@]5(CCN(CC(=O)N6CC=C(c7ccc(-c8ncn(C)n8)nc7)CC6)C5)C4=O)nc32)cc1. The fraction of sp³-hybridized carbons (Fsp3) is 0.395. The molecule has 2 fully saturated rings. The van der Waals surface area contributed by atoms with E-state index in [1.807, 2.05) is 85.4 Å². The van der Waals surface area contributed by atoms with Gasteiger partial charge in [-0.1, -0.05) is 18.2 Å². The summed E-state index contributed by atoms with van der Waals surface area (Å²) in [5, 5.41) is 4.32. The summed E-state index contributed by atoms with van der Waals surface area (Å²) in [5.74, 6) is 2.30. The fourth-order valence-electron chi connectivity index (χ4n) is 7.52. The first-order chi connectivity index (χ1) is 24.2. The predicted octanol–water partition coefficient (Wildman–Crippen LogP) is 4.16. The zero-order chi connectivity index (χ0) is 34.4. The van der Waals surface area contributed by atoms with Crippen LogP contribution in [0.15, 0.2) is 72.1 Å². The maximum atomic E-state index is 14.0. The van der Waals surface area contributed by atoms with E-state index < -0.39 is 5.41 Å². The molecule has 0 radical (unpaired) electrons. The van der Waals surface area contributed by atoms with Gasteiger partial charge in [0.25, 0.3) is 0 Å². The van der Waals surface area contributed by atoms with Gasteiger partial charge in [-0.2, -0.15) is 0 Å². The molecule has 7 heterocycles. The van der Waals surface area contributed by atoms with Crippen LogP contribution in [-0.2, 0) is 23.2 Å². The monoisotopic (exact) mass is 671 g/mol. The average molecular weight is 672 g/mol. The Morgan fingerprint density at radius 3 is 2.52 bits per heavy atom. The predicted molar refractivity (Wildman–Crippen MR) is 190 cm³/mol. The van der Waals surface area contributed by atoms with E-state index in [0.29, 0.717) is 50.9 Å². The summed E-state index contributed by atoms with van der Waals surface area (Å²) >= 11 is 0. The third kappa shape index (κ3) is 6.08.